The topological polar surface area (TPSA) is 57.3 Å². The third kappa shape index (κ3) is 4.42. The summed E-state index contributed by atoms with van der Waals surface area (Å²) in [5, 5.41) is 6.31. The van der Waals surface area contributed by atoms with E-state index in [0.29, 0.717) is 5.75 Å². The number of carbonyl (C=O) groups is 1. The van der Waals surface area contributed by atoms with Gasteiger partial charge >= 0.3 is 0 Å². The van der Waals surface area contributed by atoms with Gasteiger partial charge in [-0.05, 0) is 12.1 Å². The molecule has 1 aliphatic rings. The highest BCUT2D eigenvalue weighted by Crippen LogP contribution is 2.28. The van der Waals surface area contributed by atoms with Crippen LogP contribution >= 0.6 is 23.1 Å². The number of piperazine rings is 1. The Morgan fingerprint density at radius 3 is 3.00 bits per heavy atom. The predicted molar refractivity (Wildman–Crippen MR) is 92.7 cm³/mol. The van der Waals surface area contributed by atoms with E-state index >= 15 is 0 Å². The molecule has 2 aromatic rings. The number of fused-ring (bicyclic) bond motifs is 1. The lowest BCUT2D eigenvalue weighted by atomic mass is 10.3. The van der Waals surface area contributed by atoms with Gasteiger partial charge in [0.2, 0.25) is 5.91 Å². The Labute approximate surface area is 138 Å². The summed E-state index contributed by atoms with van der Waals surface area (Å²) < 4.78 is 2.13. The molecule has 0 unspecified atom stereocenters. The fourth-order valence-electron chi connectivity index (χ4n) is 2.38. The zero-order valence-electron chi connectivity index (χ0n) is 12.4. The molecular formula is C15H20N4OS2. The molecule has 3 rings (SSSR count). The van der Waals surface area contributed by atoms with E-state index in [1.54, 1.807) is 11.3 Å². The normalized spacial score (nSPS) is 16.0. The second-order valence-electron chi connectivity index (χ2n) is 5.18. The fourth-order valence-corrected chi connectivity index (χ4v) is 4.28. The zero-order chi connectivity index (χ0) is 15.2. The van der Waals surface area contributed by atoms with Crippen LogP contribution in [0.2, 0.25) is 0 Å². The summed E-state index contributed by atoms with van der Waals surface area (Å²) in [7, 11) is 0. The Hall–Kier alpha value is -1.15. The highest BCUT2D eigenvalue weighted by Gasteiger charge is 2.10. The molecule has 1 aromatic heterocycles. The Kier molecular flexibility index (Phi) is 5.66. The summed E-state index contributed by atoms with van der Waals surface area (Å²) in [5.74, 6) is 0.515. The molecule has 5 nitrogen and oxygen atoms in total. The van der Waals surface area contributed by atoms with Gasteiger partial charge in [0.25, 0.3) is 0 Å². The largest absolute Gasteiger partial charge is 0.354 e. The number of rotatable bonds is 6. The predicted octanol–water partition coefficient (Wildman–Crippen LogP) is 1.41. The number of nitrogens with one attached hydrogen (secondary N) is 2. The van der Waals surface area contributed by atoms with Crippen molar-refractivity contribution >= 4 is 39.2 Å². The first-order valence-electron chi connectivity index (χ1n) is 7.49. The molecule has 0 saturated carbocycles. The summed E-state index contributed by atoms with van der Waals surface area (Å²) in [6.07, 6.45) is 0. The van der Waals surface area contributed by atoms with Crippen molar-refractivity contribution in [2.75, 3.05) is 45.0 Å². The van der Waals surface area contributed by atoms with Gasteiger partial charge in [-0.3, -0.25) is 9.69 Å². The van der Waals surface area contributed by atoms with Crippen molar-refractivity contribution in [3.05, 3.63) is 24.3 Å². The van der Waals surface area contributed by atoms with Crippen molar-refractivity contribution in [3.63, 3.8) is 0 Å². The van der Waals surface area contributed by atoms with Crippen molar-refractivity contribution in [3.8, 4) is 0 Å². The van der Waals surface area contributed by atoms with Gasteiger partial charge in [-0.1, -0.05) is 23.9 Å². The van der Waals surface area contributed by atoms with E-state index in [1.807, 2.05) is 18.2 Å². The Bertz CT molecular complexity index is 592. The van der Waals surface area contributed by atoms with Crippen molar-refractivity contribution in [2.45, 2.75) is 4.34 Å². The molecule has 2 heterocycles. The second kappa shape index (κ2) is 7.92. The molecule has 22 heavy (non-hydrogen) atoms. The van der Waals surface area contributed by atoms with Gasteiger partial charge in [0.05, 0.1) is 16.0 Å². The van der Waals surface area contributed by atoms with Crippen LogP contribution in [0.1, 0.15) is 0 Å². The van der Waals surface area contributed by atoms with E-state index in [0.717, 1.165) is 49.1 Å². The molecule has 0 spiro atoms. The number of hydrogen-bond donors (Lipinski definition) is 2. The summed E-state index contributed by atoms with van der Waals surface area (Å²) >= 11 is 3.15. The lowest BCUT2D eigenvalue weighted by molar-refractivity contribution is -0.118. The first-order valence-corrected chi connectivity index (χ1v) is 9.29. The lowest BCUT2D eigenvalue weighted by Gasteiger charge is -2.27. The molecule has 1 fully saturated rings. The molecule has 1 aromatic carbocycles. The Morgan fingerprint density at radius 2 is 2.18 bits per heavy atom. The molecule has 118 valence electrons. The SMILES string of the molecule is O=C(CSc1nc2ccccc2s1)NCCN1CCNCC1. The fraction of sp³-hybridized carbons (Fsp3) is 0.467. The van der Waals surface area contributed by atoms with Gasteiger partial charge < -0.3 is 10.6 Å². The molecule has 0 bridgehead atoms. The summed E-state index contributed by atoms with van der Waals surface area (Å²) in [6, 6.07) is 8.06. The average molecular weight is 336 g/mol. The quantitative estimate of drug-likeness (QED) is 0.781. The molecule has 0 atom stereocenters. The van der Waals surface area contributed by atoms with Crippen LogP contribution in [0.25, 0.3) is 10.2 Å². The standard InChI is InChI=1S/C15H20N4OS2/c20-14(17-7-10-19-8-5-16-6-9-19)11-21-15-18-12-3-1-2-4-13(12)22-15/h1-4,16H,5-11H2,(H,17,20). The number of amides is 1. The maximum absolute atomic E-state index is 11.9. The van der Waals surface area contributed by atoms with E-state index in [1.165, 1.54) is 16.5 Å². The monoisotopic (exact) mass is 336 g/mol. The molecule has 0 radical (unpaired) electrons. The zero-order valence-corrected chi connectivity index (χ0v) is 14.0. The molecule has 1 amide bonds. The van der Waals surface area contributed by atoms with E-state index in [2.05, 4.69) is 26.6 Å². The van der Waals surface area contributed by atoms with Gasteiger partial charge in [-0.25, -0.2) is 4.98 Å². The highest BCUT2D eigenvalue weighted by molar-refractivity contribution is 8.01. The molecule has 0 aliphatic carbocycles. The van der Waals surface area contributed by atoms with Crippen LogP contribution < -0.4 is 10.6 Å². The molecular weight excluding hydrogens is 316 g/mol. The first kappa shape index (κ1) is 15.7. The number of thiazole rings is 1. The smallest absolute Gasteiger partial charge is 0.230 e. The first-order chi connectivity index (χ1) is 10.8. The van der Waals surface area contributed by atoms with Crippen LogP contribution in [0, 0.1) is 0 Å². The Morgan fingerprint density at radius 1 is 1.36 bits per heavy atom. The maximum atomic E-state index is 11.9. The minimum atomic E-state index is 0.0828. The van der Waals surface area contributed by atoms with E-state index in [4.69, 9.17) is 0 Å². The maximum Gasteiger partial charge on any atom is 0.230 e. The Balaban J connectivity index is 1.38. The van der Waals surface area contributed by atoms with Gasteiger partial charge in [0.1, 0.15) is 0 Å². The average Bonchev–Trinajstić information content (AvgIpc) is 2.97. The third-order valence-electron chi connectivity index (χ3n) is 3.56. The summed E-state index contributed by atoms with van der Waals surface area (Å²) in [6.45, 7) is 5.87. The molecule has 1 aliphatic heterocycles. The van der Waals surface area contributed by atoms with Crippen molar-refractivity contribution in [1.82, 2.24) is 20.5 Å². The third-order valence-corrected chi connectivity index (χ3v) is 5.74. The summed E-state index contributed by atoms with van der Waals surface area (Å²) in [5.41, 5.74) is 1.01. The highest BCUT2D eigenvalue weighted by atomic mass is 32.2. The minimum Gasteiger partial charge on any atom is -0.354 e. The van der Waals surface area contributed by atoms with Crippen LogP contribution in [-0.2, 0) is 4.79 Å². The molecule has 1 saturated heterocycles. The lowest BCUT2D eigenvalue weighted by Crippen LogP contribution is -2.46. The second-order valence-corrected chi connectivity index (χ2v) is 7.43. The van der Waals surface area contributed by atoms with Crippen LogP contribution in [0.3, 0.4) is 0 Å². The molecule has 2 N–H and O–H groups in total. The molecule has 7 heteroatoms. The van der Waals surface area contributed by atoms with Crippen molar-refractivity contribution < 1.29 is 4.79 Å². The summed E-state index contributed by atoms with van der Waals surface area (Å²) in [4.78, 5) is 18.8. The van der Waals surface area contributed by atoms with Gasteiger partial charge in [-0.2, -0.15) is 0 Å². The number of aromatic nitrogens is 1. The van der Waals surface area contributed by atoms with Crippen LogP contribution in [0.15, 0.2) is 28.6 Å². The van der Waals surface area contributed by atoms with Gasteiger partial charge in [0, 0.05) is 39.3 Å². The van der Waals surface area contributed by atoms with E-state index in [9.17, 15) is 4.79 Å². The van der Waals surface area contributed by atoms with Gasteiger partial charge in [0.15, 0.2) is 4.34 Å². The minimum absolute atomic E-state index is 0.0828. The number of benzene rings is 1. The van der Waals surface area contributed by atoms with Crippen molar-refractivity contribution in [1.29, 1.82) is 0 Å². The number of thioether (sulfide) groups is 1. The van der Waals surface area contributed by atoms with E-state index < -0.39 is 0 Å². The van der Waals surface area contributed by atoms with Crippen LogP contribution in [0.5, 0.6) is 0 Å². The number of carbonyl (C=O) groups excluding carboxylic acids is 1. The number of hydrogen-bond acceptors (Lipinski definition) is 6. The number of nitrogens with zero attached hydrogens (tertiary/aromatic N) is 2. The van der Waals surface area contributed by atoms with Crippen molar-refractivity contribution in [2.24, 2.45) is 0 Å². The van der Waals surface area contributed by atoms with Crippen LogP contribution in [0.4, 0.5) is 0 Å². The van der Waals surface area contributed by atoms with Crippen LogP contribution in [-0.4, -0.2) is 60.8 Å². The van der Waals surface area contributed by atoms with E-state index in [-0.39, 0.29) is 5.91 Å². The number of para-hydroxylation sites is 1. The van der Waals surface area contributed by atoms with Gasteiger partial charge in [-0.15, -0.1) is 11.3 Å².